The molecule has 3 aromatic rings. The van der Waals surface area contributed by atoms with Crippen LogP contribution in [-0.4, -0.2) is 17.9 Å². The van der Waals surface area contributed by atoms with E-state index in [1.54, 1.807) is 37.4 Å². The van der Waals surface area contributed by atoms with Gasteiger partial charge in [-0.2, -0.15) is 0 Å². The first kappa shape index (κ1) is 13.0. The summed E-state index contributed by atoms with van der Waals surface area (Å²) < 4.78 is 4.92. The van der Waals surface area contributed by atoms with Crippen LogP contribution in [0.2, 0.25) is 0 Å². The second kappa shape index (κ2) is 5.16. The topological polar surface area (TPSA) is 87.1 Å². The monoisotopic (exact) mass is 283 g/mol. The molecule has 0 aliphatic rings. The molecule has 0 atom stereocenters. The first-order valence-corrected chi connectivity index (χ1v) is 6.38. The summed E-state index contributed by atoms with van der Waals surface area (Å²) in [4.78, 5) is 25.9. The molecule has 0 unspecified atom stereocenters. The molecule has 0 bridgehead atoms. The molecule has 0 fully saturated rings. The zero-order chi connectivity index (χ0) is 14.8. The molecule has 6 heteroatoms. The van der Waals surface area contributed by atoms with E-state index in [1.165, 1.54) is 0 Å². The van der Waals surface area contributed by atoms with E-state index in [0.29, 0.717) is 22.4 Å². The third-order valence-corrected chi connectivity index (χ3v) is 3.12. The van der Waals surface area contributed by atoms with Crippen LogP contribution < -0.4 is 16.4 Å². The summed E-state index contributed by atoms with van der Waals surface area (Å²) in [7, 11) is 1.76. The van der Waals surface area contributed by atoms with E-state index in [1.807, 2.05) is 12.1 Å². The van der Waals surface area contributed by atoms with Crippen LogP contribution in [0.5, 0.6) is 0 Å². The number of hydrogen-bond donors (Lipinski definition) is 3. The number of H-pyrrole nitrogens is 1. The summed E-state index contributed by atoms with van der Waals surface area (Å²) in [5.74, 6) is -0.751. The van der Waals surface area contributed by atoms with E-state index in [2.05, 4.69) is 15.6 Å². The molecule has 0 radical (unpaired) electrons. The minimum absolute atomic E-state index is 0.231. The normalized spacial score (nSPS) is 10.5. The lowest BCUT2D eigenvalue weighted by molar-refractivity contribution is 0.102. The van der Waals surface area contributed by atoms with Crippen LogP contribution in [0.1, 0.15) is 10.4 Å². The van der Waals surface area contributed by atoms with Gasteiger partial charge in [-0.3, -0.25) is 9.78 Å². The van der Waals surface area contributed by atoms with Crippen LogP contribution in [0.3, 0.4) is 0 Å². The van der Waals surface area contributed by atoms with Crippen molar-refractivity contribution in [2.75, 3.05) is 17.7 Å². The average molecular weight is 283 g/mol. The van der Waals surface area contributed by atoms with Crippen molar-refractivity contribution >= 4 is 28.4 Å². The maximum Gasteiger partial charge on any atom is 0.417 e. The van der Waals surface area contributed by atoms with Gasteiger partial charge < -0.3 is 15.1 Å². The smallest absolute Gasteiger partial charge is 0.408 e. The summed E-state index contributed by atoms with van der Waals surface area (Å²) in [6.07, 6.45) is 0. The molecule has 0 saturated heterocycles. The molecule has 3 rings (SSSR count). The summed E-state index contributed by atoms with van der Waals surface area (Å²) in [5, 5.41) is 5.76. The van der Waals surface area contributed by atoms with Crippen molar-refractivity contribution in [3.05, 3.63) is 58.6 Å². The number of aromatic amines is 1. The number of fused-ring (bicyclic) bond motifs is 1. The largest absolute Gasteiger partial charge is 0.417 e. The average Bonchev–Trinajstić information content (AvgIpc) is 2.86. The Bertz CT molecular complexity index is 864. The highest BCUT2D eigenvalue weighted by atomic mass is 16.4. The van der Waals surface area contributed by atoms with Crippen LogP contribution in [0.4, 0.5) is 11.4 Å². The number of para-hydroxylation sites is 1. The second-order valence-corrected chi connectivity index (χ2v) is 4.48. The molecule has 0 aliphatic carbocycles. The van der Waals surface area contributed by atoms with Gasteiger partial charge in [0, 0.05) is 18.4 Å². The Labute approximate surface area is 119 Å². The third kappa shape index (κ3) is 2.51. The van der Waals surface area contributed by atoms with E-state index < -0.39 is 5.76 Å². The first-order valence-electron chi connectivity index (χ1n) is 6.38. The minimum atomic E-state index is -0.519. The maximum absolute atomic E-state index is 12.3. The lowest BCUT2D eigenvalue weighted by Crippen LogP contribution is -2.13. The highest BCUT2D eigenvalue weighted by Crippen LogP contribution is 2.19. The molecule has 3 N–H and O–H groups in total. The number of aromatic nitrogens is 1. The standard InChI is InChI=1S/C15H13N3O3/c1-16-11-5-3-2-4-10(11)14(19)17-9-6-7-13-12(8-9)18-15(20)21-13/h2-8,16H,1H3,(H,17,19)(H,18,20). The van der Waals surface area contributed by atoms with E-state index in [9.17, 15) is 9.59 Å². The minimum Gasteiger partial charge on any atom is -0.408 e. The van der Waals surface area contributed by atoms with Gasteiger partial charge in [0.15, 0.2) is 5.58 Å². The molecular formula is C15H13N3O3. The molecule has 21 heavy (non-hydrogen) atoms. The third-order valence-electron chi connectivity index (χ3n) is 3.12. The predicted octanol–water partition coefficient (Wildman–Crippen LogP) is 2.42. The van der Waals surface area contributed by atoms with Gasteiger partial charge in [-0.05, 0) is 30.3 Å². The Balaban J connectivity index is 1.90. The molecule has 106 valence electrons. The Morgan fingerprint density at radius 3 is 2.81 bits per heavy atom. The van der Waals surface area contributed by atoms with Crippen LogP contribution in [0, 0.1) is 0 Å². The van der Waals surface area contributed by atoms with Crippen molar-refractivity contribution in [3.63, 3.8) is 0 Å². The van der Waals surface area contributed by atoms with Gasteiger partial charge in [0.05, 0.1) is 11.1 Å². The van der Waals surface area contributed by atoms with E-state index in [-0.39, 0.29) is 5.91 Å². The number of oxazole rings is 1. The molecule has 0 spiro atoms. The fraction of sp³-hybridized carbons (Fsp3) is 0.0667. The number of nitrogens with one attached hydrogen (secondary N) is 3. The zero-order valence-electron chi connectivity index (χ0n) is 11.3. The van der Waals surface area contributed by atoms with Crippen molar-refractivity contribution in [3.8, 4) is 0 Å². The second-order valence-electron chi connectivity index (χ2n) is 4.48. The number of anilines is 2. The molecule has 6 nitrogen and oxygen atoms in total. The Morgan fingerprint density at radius 2 is 2.00 bits per heavy atom. The number of carbonyl (C=O) groups is 1. The Morgan fingerprint density at radius 1 is 1.19 bits per heavy atom. The number of amides is 1. The van der Waals surface area contributed by atoms with Crippen molar-refractivity contribution < 1.29 is 9.21 Å². The quantitative estimate of drug-likeness (QED) is 0.689. The number of benzene rings is 2. The molecule has 1 aromatic heterocycles. The zero-order valence-corrected chi connectivity index (χ0v) is 11.3. The molecule has 0 aliphatic heterocycles. The van der Waals surface area contributed by atoms with E-state index >= 15 is 0 Å². The van der Waals surface area contributed by atoms with Crippen molar-refractivity contribution in [2.45, 2.75) is 0 Å². The number of rotatable bonds is 3. The highest BCUT2D eigenvalue weighted by molar-refractivity contribution is 6.08. The van der Waals surface area contributed by atoms with Gasteiger partial charge in [0.25, 0.3) is 5.91 Å². The van der Waals surface area contributed by atoms with Gasteiger partial charge in [-0.15, -0.1) is 0 Å². The number of hydrogen-bond acceptors (Lipinski definition) is 4. The molecular weight excluding hydrogens is 270 g/mol. The van der Waals surface area contributed by atoms with Gasteiger partial charge in [0.1, 0.15) is 0 Å². The Hall–Kier alpha value is -3.02. The van der Waals surface area contributed by atoms with Crippen LogP contribution in [0.25, 0.3) is 11.1 Å². The Kier molecular flexibility index (Phi) is 3.19. The SMILES string of the molecule is CNc1ccccc1C(=O)Nc1ccc2oc(=O)[nH]c2c1. The van der Waals surface area contributed by atoms with Crippen molar-refractivity contribution in [1.82, 2.24) is 4.98 Å². The predicted molar refractivity (Wildman–Crippen MR) is 80.8 cm³/mol. The van der Waals surface area contributed by atoms with Crippen molar-refractivity contribution in [2.24, 2.45) is 0 Å². The summed E-state index contributed by atoms with van der Waals surface area (Å²) in [6.45, 7) is 0. The fourth-order valence-electron chi connectivity index (χ4n) is 2.13. The lowest BCUT2D eigenvalue weighted by atomic mass is 10.1. The maximum atomic E-state index is 12.3. The molecule has 1 heterocycles. The van der Waals surface area contributed by atoms with Gasteiger partial charge in [-0.25, -0.2) is 4.79 Å². The van der Waals surface area contributed by atoms with Crippen LogP contribution >= 0.6 is 0 Å². The lowest BCUT2D eigenvalue weighted by Gasteiger charge is -2.09. The first-order chi connectivity index (χ1) is 10.2. The highest BCUT2D eigenvalue weighted by Gasteiger charge is 2.11. The van der Waals surface area contributed by atoms with E-state index in [0.717, 1.165) is 5.69 Å². The summed E-state index contributed by atoms with van der Waals surface area (Å²) >= 11 is 0. The molecule has 1 amide bonds. The van der Waals surface area contributed by atoms with Crippen LogP contribution in [0.15, 0.2) is 51.7 Å². The molecule has 0 saturated carbocycles. The fourth-order valence-corrected chi connectivity index (χ4v) is 2.13. The van der Waals surface area contributed by atoms with Gasteiger partial charge >= 0.3 is 5.76 Å². The van der Waals surface area contributed by atoms with Crippen molar-refractivity contribution in [1.29, 1.82) is 0 Å². The van der Waals surface area contributed by atoms with Gasteiger partial charge in [0.2, 0.25) is 0 Å². The summed E-state index contributed by atoms with van der Waals surface area (Å²) in [5.41, 5.74) is 2.86. The molecule has 2 aromatic carbocycles. The van der Waals surface area contributed by atoms with Gasteiger partial charge in [-0.1, -0.05) is 12.1 Å². The summed E-state index contributed by atoms with van der Waals surface area (Å²) in [6, 6.07) is 12.2. The van der Waals surface area contributed by atoms with Crippen LogP contribution in [-0.2, 0) is 0 Å². The number of carbonyl (C=O) groups excluding carboxylic acids is 1. The van der Waals surface area contributed by atoms with E-state index in [4.69, 9.17) is 4.42 Å².